The number of ether oxygens (including phenoxy) is 1. The van der Waals surface area contributed by atoms with Crippen molar-refractivity contribution in [3.63, 3.8) is 0 Å². The molecule has 0 saturated carbocycles. The van der Waals surface area contributed by atoms with Gasteiger partial charge in [0.1, 0.15) is 0 Å². The van der Waals surface area contributed by atoms with Crippen LogP contribution in [0.2, 0.25) is 0 Å². The van der Waals surface area contributed by atoms with Crippen LogP contribution in [0.15, 0.2) is 30.3 Å². The van der Waals surface area contributed by atoms with Gasteiger partial charge in [0, 0.05) is 0 Å². The molecule has 1 rings (SSSR count). The summed E-state index contributed by atoms with van der Waals surface area (Å²) in [5, 5.41) is 19.9. The van der Waals surface area contributed by atoms with Gasteiger partial charge in [-0.15, -0.1) is 0 Å². The topological polar surface area (TPSA) is 83.8 Å². The summed E-state index contributed by atoms with van der Waals surface area (Å²) >= 11 is 0. The fourth-order valence-electron chi connectivity index (χ4n) is 1.53. The molecular weight excluding hydrogens is 224 g/mol. The number of ketones is 1. The maximum absolute atomic E-state index is 11.6. The second-order valence-corrected chi connectivity index (χ2v) is 3.64. The molecule has 0 aliphatic heterocycles. The Balaban J connectivity index is 3.30. The summed E-state index contributed by atoms with van der Waals surface area (Å²) < 4.78 is 4.44. The Morgan fingerprint density at radius 2 is 1.82 bits per heavy atom. The quantitative estimate of drug-likeness (QED) is 0.721. The van der Waals surface area contributed by atoms with Gasteiger partial charge < -0.3 is 14.9 Å². The van der Waals surface area contributed by atoms with E-state index in [9.17, 15) is 19.8 Å². The molecule has 92 valence electrons. The lowest BCUT2D eigenvalue weighted by Crippen LogP contribution is -2.50. The first-order chi connectivity index (χ1) is 7.94. The lowest BCUT2D eigenvalue weighted by molar-refractivity contribution is -0.180. The monoisotopic (exact) mass is 238 g/mol. The number of aliphatic hydroxyl groups excluding tert-OH is 1. The van der Waals surface area contributed by atoms with Crippen LogP contribution in [0.25, 0.3) is 0 Å². The molecule has 0 unspecified atom stereocenters. The smallest absolute Gasteiger partial charge is 0.345 e. The minimum atomic E-state index is -2.37. The molecule has 5 nitrogen and oxygen atoms in total. The molecule has 0 aromatic heterocycles. The molecule has 2 N–H and O–H groups in total. The zero-order valence-corrected chi connectivity index (χ0v) is 9.58. The third-order valence-electron chi connectivity index (χ3n) is 2.49. The highest BCUT2D eigenvalue weighted by atomic mass is 16.5. The van der Waals surface area contributed by atoms with Crippen LogP contribution in [-0.2, 0) is 19.9 Å². The van der Waals surface area contributed by atoms with Crippen LogP contribution in [0.3, 0.4) is 0 Å². The summed E-state index contributed by atoms with van der Waals surface area (Å²) in [6.45, 7) is 1.08. The van der Waals surface area contributed by atoms with Gasteiger partial charge in [0.05, 0.1) is 7.11 Å². The number of Topliss-reactive ketones (excluding diaryl/α,β-unsaturated/α-hetero) is 1. The lowest BCUT2D eigenvalue weighted by atomic mass is 9.86. The maximum Gasteiger partial charge on any atom is 0.345 e. The summed E-state index contributed by atoms with van der Waals surface area (Å²) in [6, 6.07) is 7.71. The van der Waals surface area contributed by atoms with Gasteiger partial charge in [-0.1, -0.05) is 30.3 Å². The normalized spacial score (nSPS) is 15.8. The van der Waals surface area contributed by atoms with E-state index in [1.54, 1.807) is 18.2 Å². The zero-order valence-electron chi connectivity index (χ0n) is 9.58. The van der Waals surface area contributed by atoms with Crippen molar-refractivity contribution >= 4 is 11.8 Å². The Hall–Kier alpha value is -1.72. The van der Waals surface area contributed by atoms with Crippen LogP contribution in [0.1, 0.15) is 12.5 Å². The first kappa shape index (κ1) is 13.3. The highest BCUT2D eigenvalue weighted by molar-refractivity contribution is 5.92. The summed E-state index contributed by atoms with van der Waals surface area (Å²) in [7, 11) is 1.07. The van der Waals surface area contributed by atoms with E-state index in [0.29, 0.717) is 0 Å². The van der Waals surface area contributed by atoms with Crippen LogP contribution in [0, 0.1) is 0 Å². The van der Waals surface area contributed by atoms with Gasteiger partial charge in [-0.05, 0) is 12.5 Å². The minimum absolute atomic E-state index is 0.106. The summed E-state index contributed by atoms with van der Waals surface area (Å²) in [5.41, 5.74) is -2.27. The second kappa shape index (κ2) is 5.07. The van der Waals surface area contributed by atoms with Crippen molar-refractivity contribution in [2.24, 2.45) is 0 Å². The van der Waals surface area contributed by atoms with Crippen LogP contribution in [-0.4, -0.2) is 35.2 Å². The largest absolute Gasteiger partial charge is 0.467 e. The summed E-state index contributed by atoms with van der Waals surface area (Å²) in [5.74, 6) is -1.80. The van der Waals surface area contributed by atoms with Gasteiger partial charge >= 0.3 is 5.97 Å². The molecule has 2 atom stereocenters. The number of esters is 1. The van der Waals surface area contributed by atoms with E-state index in [1.807, 2.05) is 0 Å². The molecule has 0 spiro atoms. The van der Waals surface area contributed by atoms with Crippen LogP contribution in [0.5, 0.6) is 0 Å². The fourth-order valence-corrected chi connectivity index (χ4v) is 1.53. The van der Waals surface area contributed by atoms with Gasteiger partial charge in [0.25, 0.3) is 0 Å². The van der Waals surface area contributed by atoms with Gasteiger partial charge in [0.15, 0.2) is 11.9 Å². The maximum atomic E-state index is 11.6. The average molecular weight is 238 g/mol. The number of aliphatic hydroxyl groups is 2. The van der Waals surface area contributed by atoms with E-state index in [4.69, 9.17) is 0 Å². The first-order valence-electron chi connectivity index (χ1n) is 4.99. The van der Waals surface area contributed by atoms with Crippen LogP contribution < -0.4 is 0 Å². The van der Waals surface area contributed by atoms with Gasteiger partial charge in [0.2, 0.25) is 5.60 Å². The van der Waals surface area contributed by atoms with Crippen molar-refractivity contribution in [3.8, 4) is 0 Å². The second-order valence-electron chi connectivity index (χ2n) is 3.64. The van der Waals surface area contributed by atoms with E-state index in [2.05, 4.69) is 4.74 Å². The number of methoxy groups -OCH3 is 1. The van der Waals surface area contributed by atoms with Crippen LogP contribution in [0.4, 0.5) is 0 Å². The predicted octanol–water partition coefficient (Wildman–Crippen LogP) is -0.00290. The van der Waals surface area contributed by atoms with E-state index >= 15 is 0 Å². The molecule has 0 saturated heterocycles. The lowest BCUT2D eigenvalue weighted by Gasteiger charge is -2.28. The van der Waals surface area contributed by atoms with Gasteiger partial charge in [-0.25, -0.2) is 4.79 Å². The number of hydrogen-bond acceptors (Lipinski definition) is 5. The van der Waals surface area contributed by atoms with Crippen molar-refractivity contribution < 1.29 is 24.5 Å². The van der Waals surface area contributed by atoms with Gasteiger partial charge in [-0.3, -0.25) is 4.79 Å². The molecule has 5 heteroatoms. The Labute approximate surface area is 98.6 Å². The number of benzene rings is 1. The first-order valence-corrected chi connectivity index (χ1v) is 4.99. The van der Waals surface area contributed by atoms with Crippen molar-refractivity contribution in [1.82, 2.24) is 0 Å². The van der Waals surface area contributed by atoms with Crippen molar-refractivity contribution in [2.75, 3.05) is 7.11 Å². The molecule has 0 bridgehead atoms. The minimum Gasteiger partial charge on any atom is -0.467 e. The van der Waals surface area contributed by atoms with Gasteiger partial charge in [-0.2, -0.15) is 0 Å². The van der Waals surface area contributed by atoms with Crippen molar-refractivity contribution in [2.45, 2.75) is 18.6 Å². The molecule has 0 amide bonds. The molecular formula is C12H14O5. The summed E-state index contributed by atoms with van der Waals surface area (Å²) in [4.78, 5) is 22.8. The number of rotatable bonds is 4. The molecule has 0 aliphatic rings. The third kappa shape index (κ3) is 2.35. The molecule has 17 heavy (non-hydrogen) atoms. The van der Waals surface area contributed by atoms with E-state index in [0.717, 1.165) is 14.0 Å². The molecule has 0 radical (unpaired) electrons. The van der Waals surface area contributed by atoms with Crippen molar-refractivity contribution in [1.29, 1.82) is 0 Å². The third-order valence-corrected chi connectivity index (χ3v) is 2.49. The molecule has 0 aliphatic carbocycles. The Morgan fingerprint density at radius 1 is 1.29 bits per heavy atom. The predicted molar refractivity (Wildman–Crippen MR) is 59.0 cm³/mol. The molecule has 0 heterocycles. The zero-order chi connectivity index (χ0) is 13.1. The van der Waals surface area contributed by atoms with E-state index in [-0.39, 0.29) is 5.56 Å². The Kier molecular flexibility index (Phi) is 3.98. The van der Waals surface area contributed by atoms with E-state index in [1.165, 1.54) is 12.1 Å². The molecule has 0 fully saturated rings. The SMILES string of the molecule is COC(=O)[C@@](O)(c1ccccc1)[C@@H](O)C(C)=O. The standard InChI is InChI=1S/C12H14O5/c1-8(13)10(14)12(16,11(15)17-2)9-6-4-3-5-7-9/h3-7,10,14,16H,1-2H3/t10-,12+/m0/s1. The molecule has 1 aromatic rings. The van der Waals surface area contributed by atoms with Crippen LogP contribution >= 0.6 is 0 Å². The average Bonchev–Trinajstić information content (AvgIpc) is 2.36. The number of hydrogen-bond donors (Lipinski definition) is 2. The highest BCUT2D eigenvalue weighted by Crippen LogP contribution is 2.27. The number of carbonyl (C=O) groups excluding carboxylic acids is 2. The van der Waals surface area contributed by atoms with Crippen molar-refractivity contribution in [3.05, 3.63) is 35.9 Å². The van der Waals surface area contributed by atoms with E-state index < -0.39 is 23.5 Å². The summed E-state index contributed by atoms with van der Waals surface area (Å²) in [6.07, 6.45) is -1.86. The highest BCUT2D eigenvalue weighted by Gasteiger charge is 2.48. The Morgan fingerprint density at radius 3 is 2.24 bits per heavy atom. The molecule has 1 aromatic carbocycles. The Bertz CT molecular complexity index is 414. The number of carbonyl (C=O) groups is 2. The fraction of sp³-hybridized carbons (Fsp3) is 0.333.